The molecular weight excluding hydrogens is 238 g/mol. The van der Waals surface area contributed by atoms with E-state index < -0.39 is 5.41 Å². The first-order valence-electron chi connectivity index (χ1n) is 6.68. The lowest BCUT2D eigenvalue weighted by Gasteiger charge is -2.42. The third-order valence-electron chi connectivity index (χ3n) is 4.80. The number of nitrogens with one attached hydrogen (secondary N) is 1. The molecule has 0 bridgehead atoms. The molecule has 1 heterocycles. The molecule has 3 nitrogen and oxygen atoms in total. The van der Waals surface area contributed by atoms with Gasteiger partial charge in [-0.2, -0.15) is 0 Å². The Hall–Kier alpha value is -1.90. The third kappa shape index (κ3) is 1.38. The van der Waals surface area contributed by atoms with Gasteiger partial charge in [-0.25, -0.2) is 0 Å². The first kappa shape index (κ1) is 12.2. The number of hydrogen-bond donors (Lipinski definition) is 1. The molecule has 1 spiro atoms. The van der Waals surface area contributed by atoms with E-state index in [0.29, 0.717) is 0 Å². The van der Waals surface area contributed by atoms with Crippen LogP contribution in [-0.4, -0.2) is 12.2 Å². The van der Waals surface area contributed by atoms with Gasteiger partial charge < -0.3 is 5.32 Å². The average molecular weight is 255 g/mol. The summed E-state index contributed by atoms with van der Waals surface area (Å²) in [6, 6.07) is 7.82. The Morgan fingerprint density at radius 2 is 2.05 bits per heavy atom. The van der Waals surface area contributed by atoms with Crippen molar-refractivity contribution < 1.29 is 9.59 Å². The summed E-state index contributed by atoms with van der Waals surface area (Å²) in [5.41, 5.74) is 2.07. The van der Waals surface area contributed by atoms with E-state index in [2.05, 4.69) is 12.2 Å². The van der Waals surface area contributed by atoms with Gasteiger partial charge in [-0.15, -0.1) is 0 Å². The summed E-state index contributed by atoms with van der Waals surface area (Å²) in [6.07, 6.45) is 3.63. The summed E-state index contributed by atoms with van der Waals surface area (Å²) < 4.78 is 0. The van der Waals surface area contributed by atoms with Crippen molar-refractivity contribution in [3.63, 3.8) is 0 Å². The minimum absolute atomic E-state index is 0.0288. The Labute approximate surface area is 112 Å². The monoisotopic (exact) mass is 255 g/mol. The van der Waals surface area contributed by atoms with Gasteiger partial charge in [0, 0.05) is 11.6 Å². The number of rotatable bonds is 1. The van der Waals surface area contributed by atoms with Crippen molar-refractivity contribution >= 4 is 17.9 Å². The molecule has 1 N–H and O–H groups in total. The number of carbonyl (C=O) groups is 2. The number of carbonyl (C=O) groups excluding carboxylic acids is 2. The van der Waals surface area contributed by atoms with Gasteiger partial charge >= 0.3 is 0 Å². The van der Waals surface area contributed by atoms with Crippen LogP contribution in [0.15, 0.2) is 35.9 Å². The van der Waals surface area contributed by atoms with Crippen LogP contribution in [0.1, 0.15) is 25.8 Å². The van der Waals surface area contributed by atoms with Crippen LogP contribution < -0.4 is 5.32 Å². The summed E-state index contributed by atoms with van der Waals surface area (Å²) in [4.78, 5) is 23.9. The number of amides is 1. The molecule has 19 heavy (non-hydrogen) atoms. The second kappa shape index (κ2) is 4.05. The van der Waals surface area contributed by atoms with Gasteiger partial charge in [-0.1, -0.05) is 38.1 Å². The average Bonchev–Trinajstić information content (AvgIpc) is 2.70. The highest BCUT2D eigenvalue weighted by atomic mass is 16.2. The molecule has 3 rings (SSSR count). The van der Waals surface area contributed by atoms with Crippen molar-refractivity contribution in [1.29, 1.82) is 0 Å². The summed E-state index contributed by atoms with van der Waals surface area (Å²) in [7, 11) is 0. The molecule has 0 saturated heterocycles. The highest BCUT2D eigenvalue weighted by Gasteiger charge is 2.55. The van der Waals surface area contributed by atoms with Crippen LogP contribution in [0, 0.1) is 11.8 Å². The Kier molecular flexibility index (Phi) is 2.59. The Morgan fingerprint density at radius 1 is 1.32 bits per heavy atom. The topological polar surface area (TPSA) is 46.2 Å². The molecule has 0 fully saturated rings. The predicted octanol–water partition coefficient (Wildman–Crippen LogP) is 2.68. The molecule has 0 saturated carbocycles. The third-order valence-corrected chi connectivity index (χ3v) is 4.80. The zero-order valence-electron chi connectivity index (χ0n) is 11.1. The standard InChI is InChI=1S/C16H17NO2/c1-10-7-8-12(9-18)11(2)16(10)13-5-3-4-6-14(13)17-15(16)19/h3-6,8-11H,7H2,1-2H3,(H,17,19). The molecular formula is C16H17NO2. The summed E-state index contributed by atoms with van der Waals surface area (Å²) in [5, 5.41) is 2.98. The number of hydrogen-bond acceptors (Lipinski definition) is 2. The van der Waals surface area contributed by atoms with E-state index in [1.165, 1.54) is 0 Å². The van der Waals surface area contributed by atoms with Gasteiger partial charge in [0.15, 0.2) is 0 Å². The number of fused-ring (bicyclic) bond motifs is 2. The van der Waals surface area contributed by atoms with Crippen molar-refractivity contribution in [2.75, 3.05) is 5.32 Å². The lowest BCUT2D eigenvalue weighted by atomic mass is 9.58. The Balaban J connectivity index is 2.24. The molecule has 1 aromatic carbocycles. The van der Waals surface area contributed by atoms with E-state index in [1.807, 2.05) is 37.3 Å². The Morgan fingerprint density at radius 3 is 2.79 bits per heavy atom. The predicted molar refractivity (Wildman–Crippen MR) is 73.8 cm³/mol. The molecule has 1 aliphatic heterocycles. The fourth-order valence-electron chi connectivity index (χ4n) is 3.74. The maximum atomic E-state index is 12.6. The molecule has 1 aliphatic carbocycles. The van der Waals surface area contributed by atoms with Crippen molar-refractivity contribution in [2.45, 2.75) is 25.7 Å². The summed E-state index contributed by atoms with van der Waals surface area (Å²) in [6.45, 7) is 4.08. The zero-order chi connectivity index (χ0) is 13.6. The van der Waals surface area contributed by atoms with E-state index in [-0.39, 0.29) is 17.7 Å². The molecule has 3 unspecified atom stereocenters. The van der Waals surface area contributed by atoms with E-state index >= 15 is 0 Å². The van der Waals surface area contributed by atoms with Crippen LogP contribution in [0.5, 0.6) is 0 Å². The van der Waals surface area contributed by atoms with Crippen LogP contribution in [0.2, 0.25) is 0 Å². The van der Waals surface area contributed by atoms with Crippen LogP contribution in [0.3, 0.4) is 0 Å². The molecule has 0 radical (unpaired) electrons. The fraction of sp³-hybridized carbons (Fsp3) is 0.375. The van der Waals surface area contributed by atoms with E-state index in [0.717, 1.165) is 29.5 Å². The number of benzene rings is 1. The van der Waals surface area contributed by atoms with Crippen molar-refractivity contribution in [2.24, 2.45) is 11.8 Å². The summed E-state index contributed by atoms with van der Waals surface area (Å²) >= 11 is 0. The number of aldehydes is 1. The number of anilines is 1. The van der Waals surface area contributed by atoms with Crippen LogP contribution in [0.25, 0.3) is 0 Å². The number of allylic oxidation sites excluding steroid dienone is 2. The lowest BCUT2D eigenvalue weighted by Crippen LogP contribution is -2.48. The minimum Gasteiger partial charge on any atom is -0.325 e. The van der Waals surface area contributed by atoms with Gasteiger partial charge in [0.25, 0.3) is 0 Å². The summed E-state index contributed by atoms with van der Waals surface area (Å²) in [5.74, 6) is 0.133. The molecule has 0 aromatic heterocycles. The maximum Gasteiger partial charge on any atom is 0.236 e. The van der Waals surface area contributed by atoms with Crippen molar-refractivity contribution in [3.8, 4) is 0 Å². The lowest BCUT2D eigenvalue weighted by molar-refractivity contribution is -0.124. The second-order valence-corrected chi connectivity index (χ2v) is 5.55. The van der Waals surface area contributed by atoms with Gasteiger partial charge in [0.05, 0.1) is 5.41 Å². The first-order chi connectivity index (χ1) is 9.12. The molecule has 98 valence electrons. The normalized spacial score (nSPS) is 32.7. The highest BCUT2D eigenvalue weighted by Crippen LogP contribution is 2.52. The molecule has 1 amide bonds. The van der Waals surface area contributed by atoms with Gasteiger partial charge in [-0.05, 0) is 29.5 Å². The molecule has 1 aromatic rings. The van der Waals surface area contributed by atoms with Gasteiger partial charge in [0.1, 0.15) is 6.29 Å². The van der Waals surface area contributed by atoms with E-state index in [9.17, 15) is 9.59 Å². The maximum absolute atomic E-state index is 12.6. The number of para-hydroxylation sites is 1. The van der Waals surface area contributed by atoms with Crippen LogP contribution in [0.4, 0.5) is 5.69 Å². The second-order valence-electron chi connectivity index (χ2n) is 5.55. The van der Waals surface area contributed by atoms with Crippen LogP contribution in [-0.2, 0) is 15.0 Å². The SMILES string of the molecule is CC1CC=C(C=O)C(C)C12C(=O)Nc1ccccc12. The smallest absolute Gasteiger partial charge is 0.236 e. The van der Waals surface area contributed by atoms with E-state index in [4.69, 9.17) is 0 Å². The Bertz CT molecular complexity index is 590. The first-order valence-corrected chi connectivity index (χ1v) is 6.68. The highest BCUT2D eigenvalue weighted by molar-refractivity contribution is 6.07. The van der Waals surface area contributed by atoms with Crippen molar-refractivity contribution in [1.82, 2.24) is 0 Å². The van der Waals surface area contributed by atoms with Crippen molar-refractivity contribution in [3.05, 3.63) is 41.5 Å². The van der Waals surface area contributed by atoms with Gasteiger partial charge in [-0.3, -0.25) is 9.59 Å². The largest absolute Gasteiger partial charge is 0.325 e. The fourth-order valence-corrected chi connectivity index (χ4v) is 3.74. The molecule has 3 heteroatoms. The quantitative estimate of drug-likeness (QED) is 0.784. The van der Waals surface area contributed by atoms with Crippen LogP contribution >= 0.6 is 0 Å². The minimum atomic E-state index is -0.596. The zero-order valence-corrected chi connectivity index (χ0v) is 11.1. The molecule has 3 atom stereocenters. The van der Waals surface area contributed by atoms with Gasteiger partial charge in [0.2, 0.25) is 5.91 Å². The molecule has 2 aliphatic rings. The van der Waals surface area contributed by atoms with E-state index in [1.54, 1.807) is 0 Å².